The van der Waals surface area contributed by atoms with E-state index in [1.807, 2.05) is 55.5 Å². The first-order chi connectivity index (χ1) is 62.4. The minimum absolute atomic E-state index is 0.000646. The molecule has 0 atom stereocenters. The molecule has 0 spiro atoms. The zero-order valence-electron chi connectivity index (χ0n) is 78.0. The summed E-state index contributed by atoms with van der Waals surface area (Å²) >= 11 is 0. The summed E-state index contributed by atoms with van der Waals surface area (Å²) in [5.74, 6) is 25.9. The van der Waals surface area contributed by atoms with Crippen LogP contribution >= 0.6 is 0 Å². The first-order valence-electron chi connectivity index (χ1n) is 50.9. The highest BCUT2D eigenvalue weighted by Gasteiger charge is 2.59. The molecule has 19 heteroatoms. The van der Waals surface area contributed by atoms with Gasteiger partial charge in [-0.15, -0.1) is 0 Å². The quantitative estimate of drug-likeness (QED) is 0.0223. The van der Waals surface area contributed by atoms with Gasteiger partial charge in [-0.3, -0.25) is 0 Å². The molecular weight excluding hydrogens is 1690 g/mol. The molecule has 24 rings (SSSR count). The van der Waals surface area contributed by atoms with Crippen molar-refractivity contribution < 1.29 is 66.5 Å². The minimum atomic E-state index is -0.287. The van der Waals surface area contributed by atoms with Crippen LogP contribution in [0.2, 0.25) is 0 Å². The van der Waals surface area contributed by atoms with E-state index in [1.54, 1.807) is 0 Å². The van der Waals surface area contributed by atoms with Gasteiger partial charge in [0.25, 0.3) is 0 Å². The van der Waals surface area contributed by atoms with Crippen molar-refractivity contribution in [3.63, 3.8) is 0 Å². The van der Waals surface area contributed by atoms with E-state index < -0.39 is 0 Å². The highest BCUT2D eigenvalue weighted by molar-refractivity contribution is 7.98. The Kier molecular flexibility index (Phi) is 33.1. The summed E-state index contributed by atoms with van der Waals surface area (Å²) in [6, 6.07) is 42.3. The zero-order chi connectivity index (χ0) is 87.9. The number of carbonyl (C=O) groups excluding carboxylic acids is 4. The molecule has 14 saturated carbocycles. The maximum absolute atomic E-state index is 12.6. The van der Waals surface area contributed by atoms with Crippen LogP contribution in [0.5, 0.6) is 28.7 Å². The molecule has 0 aromatic heterocycles. The topological polar surface area (TPSA) is 161 Å². The molecule has 128 heavy (non-hydrogen) atoms. The Balaban J connectivity index is 0.000000113. The van der Waals surface area contributed by atoms with E-state index in [1.165, 1.54) is 275 Å². The third-order valence-electron chi connectivity index (χ3n) is 32.9. The van der Waals surface area contributed by atoms with Crippen molar-refractivity contribution in [2.24, 2.45) is 71.0 Å². The van der Waals surface area contributed by atoms with Gasteiger partial charge in [0.1, 0.15) is 109 Å². The van der Waals surface area contributed by atoms with Gasteiger partial charge in [-0.25, -0.2) is 19.2 Å². The molecule has 5 heterocycles. The average Bonchev–Trinajstić information content (AvgIpc) is 0.800. The molecule has 19 fully saturated rings. The van der Waals surface area contributed by atoms with Gasteiger partial charge < -0.3 is 47.4 Å². The van der Waals surface area contributed by atoms with Crippen LogP contribution in [0.15, 0.2) is 146 Å². The number of rotatable bonds is 26. The standard InChI is InChI=1S/C24H33O3S.C23H31O3S.C22H31O2S.2C20H29O3S/c1-24(19-12-17-11-18(14-19)15-20(24)13-17)27-23(25)16-26-21-5-7-22(8-6-21)28-9-3-2-4-10-28;1-23(18-11-16-10-17(13-18)14-19(23)12-16)26-22(24)15-25-20-4-6-21(7-5-20)27-8-2-3-9-27;1-2-8-25(9-3-1)21-6-4-20(5-7-21)23-15-24-22-18-11-16-10-17(13-18)14-19(22)12-16;1-20(12-4-2-5-13-20)23-19(21)16-22-17-8-10-18(11-9-17)24-14-6-3-7-15-24;1-2-20(12-4-5-13-20)23-19(21)16-22-17-8-10-18(11-9-17)24-14-6-3-7-15-24/h5-8,17-20H,2-4,9-16H2,1H3;4-7,16-19H,2-3,8-15H2,1H3;4-7,16-19,22H,1-3,8-15H2;2*8-11H,2-7,12-16H2,1H3/q5*+1. The minimum Gasteiger partial charge on any atom is -0.482 e. The van der Waals surface area contributed by atoms with Crippen LogP contribution in [0, 0.1) is 71.0 Å². The molecule has 5 saturated heterocycles. The van der Waals surface area contributed by atoms with Gasteiger partial charge in [0.2, 0.25) is 0 Å². The molecule has 0 unspecified atom stereocenters. The van der Waals surface area contributed by atoms with Gasteiger partial charge in [-0.1, -0.05) is 13.3 Å². The lowest BCUT2D eigenvalue weighted by Crippen LogP contribution is -2.58. The number of carbonyl (C=O) groups is 4. The van der Waals surface area contributed by atoms with Crippen molar-refractivity contribution in [3.05, 3.63) is 121 Å². The smallest absolute Gasteiger partial charge is 0.344 e. The van der Waals surface area contributed by atoms with Gasteiger partial charge >= 0.3 is 23.9 Å². The van der Waals surface area contributed by atoms with Crippen LogP contribution in [-0.4, -0.2) is 143 Å². The molecule has 14 aliphatic carbocycles. The van der Waals surface area contributed by atoms with Crippen molar-refractivity contribution in [2.75, 3.05) is 90.7 Å². The predicted molar refractivity (Wildman–Crippen MR) is 521 cm³/mol. The van der Waals surface area contributed by atoms with Gasteiger partial charge in [0.15, 0.2) is 57.7 Å². The fourth-order valence-electron chi connectivity index (χ4n) is 26.3. The number of ether oxygens (including phenoxy) is 10. The van der Waals surface area contributed by atoms with E-state index in [-0.39, 0.29) is 72.7 Å². The van der Waals surface area contributed by atoms with Crippen LogP contribution < -0.4 is 23.7 Å². The van der Waals surface area contributed by atoms with Crippen molar-refractivity contribution >= 4 is 78.4 Å². The largest absolute Gasteiger partial charge is 0.482 e. The van der Waals surface area contributed by atoms with Crippen molar-refractivity contribution in [1.82, 2.24) is 0 Å². The number of hydrogen-bond donors (Lipinski definition) is 0. The van der Waals surface area contributed by atoms with Crippen molar-refractivity contribution in [3.8, 4) is 28.7 Å². The van der Waals surface area contributed by atoms with E-state index in [9.17, 15) is 19.2 Å². The van der Waals surface area contributed by atoms with Gasteiger partial charge in [-0.05, 0) is 457 Å². The van der Waals surface area contributed by atoms with Gasteiger partial charge in [0.05, 0.1) is 6.10 Å². The molecular formula is C109H153O14S5+5. The second-order valence-electron chi connectivity index (χ2n) is 41.9. The molecule has 698 valence electrons. The molecule has 5 aromatic carbocycles. The van der Waals surface area contributed by atoms with Crippen LogP contribution in [0.1, 0.15) is 278 Å². The van der Waals surface area contributed by atoms with E-state index >= 15 is 0 Å². The normalized spacial score (nSPS) is 31.2. The molecule has 14 nitrogen and oxygen atoms in total. The average molecular weight is 1850 g/mol. The first-order valence-corrected chi connectivity index (χ1v) is 58.7. The lowest BCUT2D eigenvalue weighted by atomic mass is 9.50. The number of esters is 4. The molecule has 0 N–H and O–H groups in total. The van der Waals surface area contributed by atoms with E-state index in [4.69, 9.17) is 47.4 Å². The third-order valence-corrected chi connectivity index (χ3v) is 45.5. The third kappa shape index (κ3) is 24.9. The Bertz CT molecular complexity index is 4220. The lowest BCUT2D eigenvalue weighted by molar-refractivity contribution is -0.205. The highest BCUT2D eigenvalue weighted by atomic mass is 32.2. The first kappa shape index (κ1) is 94.5. The Morgan fingerprint density at radius 3 is 0.812 bits per heavy atom. The summed E-state index contributed by atoms with van der Waals surface area (Å²) < 4.78 is 58.5. The fraction of sp³-hybridized carbons (Fsp3) is 0.688. The van der Waals surface area contributed by atoms with Crippen LogP contribution in [0.4, 0.5) is 0 Å². The maximum Gasteiger partial charge on any atom is 0.344 e. The second-order valence-corrected chi connectivity index (χ2v) is 53.3. The maximum atomic E-state index is 12.6. The van der Waals surface area contributed by atoms with Crippen LogP contribution in [0.3, 0.4) is 0 Å². The second kappa shape index (κ2) is 44.9. The van der Waals surface area contributed by atoms with Gasteiger partial charge in [-0.2, -0.15) is 0 Å². The monoisotopic (exact) mass is 1850 g/mol. The number of hydrogen-bond acceptors (Lipinski definition) is 14. The molecule has 5 aliphatic heterocycles. The SMILES string of the molecule is CC1(OC(=O)COc2ccc([S+]3CCCC3)cc2)C2CC3CC(C2)CC1C3.CC1(OC(=O)COc2ccc([S+]3CCCCC3)cc2)C2CC3CC(C2)CC1C3.CC1(OC(=O)COc2ccc([S+]3CCCCC3)cc2)CCCCC1.CCC1(OC(=O)COc2ccc([S+]3CCCCC3)cc2)CCCC1.c1cc([S+]2CCCCC2)ccc1OCOC1C2CC3CC(C2)CC1C3. The van der Waals surface area contributed by atoms with E-state index in [0.717, 1.165) is 134 Å². The molecule has 0 amide bonds. The summed E-state index contributed by atoms with van der Waals surface area (Å²) in [7, 11) is 2.15. The molecule has 5 aromatic rings. The fourth-order valence-corrected chi connectivity index (χ4v) is 37.9. The zero-order valence-corrected chi connectivity index (χ0v) is 82.1. The Morgan fingerprint density at radius 2 is 0.523 bits per heavy atom. The summed E-state index contributed by atoms with van der Waals surface area (Å²) in [4.78, 5) is 56.5. The Morgan fingerprint density at radius 1 is 0.281 bits per heavy atom. The van der Waals surface area contributed by atoms with Gasteiger partial charge in [0, 0.05) is 54.5 Å². The van der Waals surface area contributed by atoms with Crippen molar-refractivity contribution in [2.45, 2.75) is 331 Å². The summed E-state index contributed by atoms with van der Waals surface area (Å²) in [6.07, 6.45) is 50.3. The molecule has 12 bridgehead atoms. The Labute approximate surface area is 782 Å². The summed E-state index contributed by atoms with van der Waals surface area (Å²) in [6.45, 7) is 9.01. The Hall–Kier alpha value is -5.31. The predicted octanol–water partition coefficient (Wildman–Crippen LogP) is 23.6. The highest BCUT2D eigenvalue weighted by Crippen LogP contribution is 2.62. The van der Waals surface area contributed by atoms with Crippen molar-refractivity contribution in [1.29, 1.82) is 0 Å². The van der Waals surface area contributed by atoms with E-state index in [0.29, 0.717) is 91.0 Å². The molecule has 19 aliphatic rings. The molecule has 0 radical (unpaired) electrons. The summed E-state index contributed by atoms with van der Waals surface area (Å²) in [5.41, 5.74) is -1.04. The van der Waals surface area contributed by atoms with Crippen LogP contribution in [0.25, 0.3) is 0 Å². The lowest BCUT2D eigenvalue weighted by Gasteiger charge is -2.59. The summed E-state index contributed by atoms with van der Waals surface area (Å²) in [5, 5.41) is 0. The number of benzene rings is 5. The van der Waals surface area contributed by atoms with E-state index in [2.05, 4.69) is 93.6 Å². The van der Waals surface area contributed by atoms with Crippen LogP contribution in [-0.2, 0) is 97.3 Å².